The summed E-state index contributed by atoms with van der Waals surface area (Å²) < 4.78 is 0. The molecule has 0 bridgehead atoms. The molecule has 0 aromatic heterocycles. The van der Waals surface area contributed by atoms with Crippen LogP contribution in [0.15, 0.2) is 30.3 Å². The Bertz CT molecular complexity index is 562. The molecule has 2 heterocycles. The van der Waals surface area contributed by atoms with Crippen molar-refractivity contribution < 1.29 is 14.7 Å². The summed E-state index contributed by atoms with van der Waals surface area (Å²) in [5.41, 5.74) is 1.21. The molecule has 0 aliphatic carbocycles. The van der Waals surface area contributed by atoms with Gasteiger partial charge in [-0.2, -0.15) is 0 Å². The third kappa shape index (κ3) is 3.64. The highest BCUT2D eigenvalue weighted by atomic mass is 16.4. The van der Waals surface area contributed by atoms with Crippen LogP contribution < -0.4 is 10.6 Å². The predicted molar refractivity (Wildman–Crippen MR) is 86.2 cm³/mol. The van der Waals surface area contributed by atoms with E-state index in [-0.39, 0.29) is 11.3 Å². The fourth-order valence-corrected chi connectivity index (χ4v) is 3.61. The molecule has 1 atom stereocenters. The van der Waals surface area contributed by atoms with E-state index in [2.05, 4.69) is 10.6 Å². The quantitative estimate of drug-likeness (QED) is 0.776. The molecule has 2 saturated heterocycles. The first-order chi connectivity index (χ1) is 11.1. The smallest absolute Gasteiger partial charge is 0.405 e. The van der Waals surface area contributed by atoms with Crippen LogP contribution >= 0.6 is 0 Å². The predicted octanol–water partition coefficient (Wildman–Crippen LogP) is 1.08. The first-order valence-corrected chi connectivity index (χ1v) is 8.11. The summed E-state index contributed by atoms with van der Waals surface area (Å²) in [6.45, 7) is 3.51. The molecular formula is C17H23N3O3. The minimum absolute atomic E-state index is 0.111. The topological polar surface area (TPSA) is 81.7 Å². The molecule has 0 unspecified atom stereocenters. The normalized spacial score (nSPS) is 20.6. The van der Waals surface area contributed by atoms with Crippen LogP contribution in [0, 0.1) is 5.41 Å². The van der Waals surface area contributed by atoms with Gasteiger partial charge in [0.25, 0.3) is 0 Å². The number of hydrogen-bond acceptors (Lipinski definition) is 3. The van der Waals surface area contributed by atoms with Crippen LogP contribution in [0.2, 0.25) is 0 Å². The number of likely N-dealkylation sites (tertiary alicyclic amines) is 1. The average Bonchev–Trinajstić information content (AvgIpc) is 2.52. The number of hydrogen-bond donors (Lipinski definition) is 3. The molecule has 3 rings (SSSR count). The van der Waals surface area contributed by atoms with Crippen LogP contribution in [0.4, 0.5) is 4.79 Å². The van der Waals surface area contributed by atoms with Gasteiger partial charge >= 0.3 is 6.09 Å². The van der Waals surface area contributed by atoms with E-state index in [1.54, 1.807) is 4.90 Å². The fourth-order valence-electron chi connectivity index (χ4n) is 3.61. The van der Waals surface area contributed by atoms with Gasteiger partial charge in [-0.1, -0.05) is 30.3 Å². The molecule has 124 valence electrons. The lowest BCUT2D eigenvalue weighted by Crippen LogP contribution is -2.64. The molecule has 6 nitrogen and oxygen atoms in total. The third-order valence-corrected chi connectivity index (χ3v) is 4.91. The second-order valence-electron chi connectivity index (χ2n) is 6.64. The average molecular weight is 317 g/mol. The lowest BCUT2D eigenvalue weighted by atomic mass is 9.72. The second kappa shape index (κ2) is 6.58. The van der Waals surface area contributed by atoms with Crippen molar-refractivity contribution >= 4 is 12.0 Å². The molecular weight excluding hydrogens is 294 g/mol. The Morgan fingerprint density at radius 2 is 1.87 bits per heavy atom. The minimum atomic E-state index is -1.16. The summed E-state index contributed by atoms with van der Waals surface area (Å²) in [6.07, 6.45) is 1.41. The number of carboxylic acid groups (broad SMARTS) is 1. The van der Waals surface area contributed by atoms with Crippen molar-refractivity contribution in [2.24, 2.45) is 5.41 Å². The van der Waals surface area contributed by atoms with Gasteiger partial charge in [0.15, 0.2) is 0 Å². The Hall–Kier alpha value is -2.08. The molecule has 3 N–H and O–H groups in total. The Labute approximate surface area is 135 Å². The zero-order valence-corrected chi connectivity index (χ0v) is 13.1. The van der Waals surface area contributed by atoms with Crippen LogP contribution in [0.25, 0.3) is 0 Å². The number of amides is 2. The van der Waals surface area contributed by atoms with Gasteiger partial charge in [-0.3, -0.25) is 4.79 Å². The molecule has 2 fully saturated rings. The monoisotopic (exact) mass is 317 g/mol. The molecule has 2 amide bonds. The van der Waals surface area contributed by atoms with E-state index in [1.165, 1.54) is 0 Å². The Kier molecular flexibility index (Phi) is 4.52. The maximum atomic E-state index is 12.7. The summed E-state index contributed by atoms with van der Waals surface area (Å²) >= 11 is 0. The van der Waals surface area contributed by atoms with E-state index < -0.39 is 12.1 Å². The lowest BCUT2D eigenvalue weighted by molar-refractivity contribution is -0.147. The van der Waals surface area contributed by atoms with Gasteiger partial charge in [-0.15, -0.1) is 0 Å². The fraction of sp³-hybridized carbons (Fsp3) is 0.529. The Morgan fingerprint density at radius 3 is 2.48 bits per heavy atom. The number of nitrogens with one attached hydrogen (secondary N) is 2. The van der Waals surface area contributed by atoms with Gasteiger partial charge in [0.1, 0.15) is 6.04 Å². The van der Waals surface area contributed by atoms with Crippen molar-refractivity contribution in [3.63, 3.8) is 0 Å². The summed E-state index contributed by atoms with van der Waals surface area (Å²) in [6, 6.07) is 8.80. The van der Waals surface area contributed by atoms with Crippen LogP contribution in [0.3, 0.4) is 0 Å². The van der Waals surface area contributed by atoms with E-state index in [0.717, 1.165) is 44.6 Å². The molecule has 0 saturated carbocycles. The van der Waals surface area contributed by atoms with Crippen LogP contribution in [-0.2, 0) is 11.2 Å². The number of rotatable bonds is 4. The highest BCUT2D eigenvalue weighted by Crippen LogP contribution is 2.38. The number of carbonyl (C=O) groups excluding carboxylic acids is 1. The molecule has 23 heavy (non-hydrogen) atoms. The molecule has 1 aromatic rings. The van der Waals surface area contributed by atoms with Crippen molar-refractivity contribution in [1.82, 2.24) is 15.5 Å². The highest BCUT2D eigenvalue weighted by Gasteiger charge is 2.46. The van der Waals surface area contributed by atoms with Crippen molar-refractivity contribution in [2.45, 2.75) is 25.3 Å². The molecule has 1 aromatic carbocycles. The number of piperidine rings is 1. The van der Waals surface area contributed by atoms with Crippen molar-refractivity contribution in [1.29, 1.82) is 0 Å². The summed E-state index contributed by atoms with van der Waals surface area (Å²) in [7, 11) is 0. The van der Waals surface area contributed by atoms with Gasteiger partial charge < -0.3 is 20.6 Å². The first-order valence-electron chi connectivity index (χ1n) is 8.11. The van der Waals surface area contributed by atoms with Gasteiger partial charge in [0.2, 0.25) is 5.91 Å². The Morgan fingerprint density at radius 1 is 1.22 bits per heavy atom. The van der Waals surface area contributed by atoms with Crippen LogP contribution in [0.5, 0.6) is 0 Å². The highest BCUT2D eigenvalue weighted by molar-refractivity contribution is 5.86. The Balaban J connectivity index is 1.63. The second-order valence-corrected chi connectivity index (χ2v) is 6.64. The molecule has 2 aliphatic rings. The van der Waals surface area contributed by atoms with Crippen LogP contribution in [-0.4, -0.2) is 54.2 Å². The van der Waals surface area contributed by atoms with Crippen LogP contribution in [0.1, 0.15) is 18.4 Å². The maximum Gasteiger partial charge on any atom is 0.405 e. The van der Waals surface area contributed by atoms with E-state index in [4.69, 9.17) is 5.11 Å². The van der Waals surface area contributed by atoms with Gasteiger partial charge in [0, 0.05) is 24.9 Å². The zero-order valence-electron chi connectivity index (χ0n) is 13.1. The minimum Gasteiger partial charge on any atom is -0.465 e. The zero-order chi connectivity index (χ0) is 16.3. The first kappa shape index (κ1) is 15.8. The van der Waals surface area contributed by atoms with Crippen molar-refractivity contribution in [2.75, 3.05) is 26.2 Å². The SMILES string of the molecule is O=C(O)N[C@H](Cc1ccccc1)C(=O)N1CC2(CCNCC2)C1. The van der Waals surface area contributed by atoms with Gasteiger partial charge in [0.05, 0.1) is 0 Å². The largest absolute Gasteiger partial charge is 0.465 e. The van der Waals surface area contributed by atoms with E-state index in [0.29, 0.717) is 6.42 Å². The number of carbonyl (C=O) groups is 2. The van der Waals surface area contributed by atoms with E-state index >= 15 is 0 Å². The number of nitrogens with zero attached hydrogens (tertiary/aromatic N) is 1. The van der Waals surface area contributed by atoms with Gasteiger partial charge in [-0.25, -0.2) is 4.79 Å². The summed E-state index contributed by atoms with van der Waals surface area (Å²) in [5, 5.41) is 14.8. The lowest BCUT2D eigenvalue weighted by Gasteiger charge is -2.53. The maximum absolute atomic E-state index is 12.7. The molecule has 2 aliphatic heterocycles. The van der Waals surface area contributed by atoms with E-state index in [1.807, 2.05) is 30.3 Å². The summed E-state index contributed by atoms with van der Waals surface area (Å²) in [4.78, 5) is 25.5. The molecule has 6 heteroatoms. The van der Waals surface area contributed by atoms with Crippen molar-refractivity contribution in [3.8, 4) is 0 Å². The third-order valence-electron chi connectivity index (χ3n) is 4.91. The molecule has 1 spiro atoms. The molecule has 0 radical (unpaired) electrons. The summed E-state index contributed by atoms with van der Waals surface area (Å²) in [5.74, 6) is -0.111. The number of benzene rings is 1. The standard InChI is InChI=1S/C17H23N3O3/c21-15(20-11-17(12-20)6-8-18-9-7-17)14(19-16(22)23)10-13-4-2-1-3-5-13/h1-5,14,18-19H,6-12H2,(H,22,23)/t14-/m1/s1. The van der Waals surface area contributed by atoms with Gasteiger partial charge in [-0.05, 0) is 31.5 Å². The van der Waals surface area contributed by atoms with E-state index in [9.17, 15) is 9.59 Å². The van der Waals surface area contributed by atoms with Crippen molar-refractivity contribution in [3.05, 3.63) is 35.9 Å².